The van der Waals surface area contributed by atoms with Crippen molar-refractivity contribution in [2.45, 2.75) is 32.8 Å². The van der Waals surface area contributed by atoms with E-state index >= 15 is 0 Å². The highest BCUT2D eigenvalue weighted by Gasteiger charge is 2.33. The van der Waals surface area contributed by atoms with Crippen molar-refractivity contribution in [1.29, 1.82) is 0 Å². The number of aryl methyl sites for hydroxylation is 2. The number of carbonyl (C=O) groups excluding carboxylic acids is 1. The lowest BCUT2D eigenvalue weighted by atomic mass is 9.86. The molecular formula is C28H24N4O2S. The number of ether oxygens (including phenoxy) is 1. The number of para-hydroxylation sites is 1. The zero-order chi connectivity index (χ0) is 23.9. The molecule has 6 nitrogen and oxygen atoms in total. The zero-order valence-electron chi connectivity index (χ0n) is 19.5. The Bertz CT molecular complexity index is 1520. The lowest BCUT2D eigenvalue weighted by Crippen LogP contribution is -2.25. The van der Waals surface area contributed by atoms with Crippen molar-refractivity contribution in [1.82, 2.24) is 14.8 Å². The topological polar surface area (TPSA) is 69.0 Å². The van der Waals surface area contributed by atoms with Gasteiger partial charge in [0.1, 0.15) is 18.2 Å². The molecule has 1 amide bonds. The second-order valence-corrected chi connectivity index (χ2v) is 9.88. The number of rotatable bonds is 5. The van der Waals surface area contributed by atoms with Crippen LogP contribution in [0.3, 0.4) is 0 Å². The third kappa shape index (κ3) is 4.08. The highest BCUT2D eigenvalue weighted by atomic mass is 32.1. The number of nitrogens with one attached hydrogen (secondary N) is 1. The summed E-state index contributed by atoms with van der Waals surface area (Å²) in [5, 5.41) is 8.59. The van der Waals surface area contributed by atoms with Crippen molar-refractivity contribution < 1.29 is 9.53 Å². The Morgan fingerprint density at radius 1 is 1.06 bits per heavy atom. The summed E-state index contributed by atoms with van der Waals surface area (Å²) in [4.78, 5) is 17.5. The first kappa shape index (κ1) is 21.6. The Morgan fingerprint density at radius 2 is 1.89 bits per heavy atom. The van der Waals surface area contributed by atoms with Gasteiger partial charge in [-0.15, -0.1) is 0 Å². The molecule has 5 aromatic rings. The fourth-order valence-corrected chi connectivity index (χ4v) is 5.52. The quantitative estimate of drug-likeness (QED) is 0.327. The lowest BCUT2D eigenvalue weighted by molar-refractivity contribution is -0.116. The Kier molecular flexibility index (Phi) is 5.34. The molecule has 6 rings (SSSR count). The van der Waals surface area contributed by atoms with Crippen LogP contribution in [0.25, 0.3) is 15.3 Å². The van der Waals surface area contributed by atoms with Crippen molar-refractivity contribution in [2.75, 3.05) is 5.32 Å². The lowest BCUT2D eigenvalue weighted by Gasteiger charge is -2.24. The molecule has 174 valence electrons. The van der Waals surface area contributed by atoms with Crippen molar-refractivity contribution in [3.63, 3.8) is 0 Å². The Balaban J connectivity index is 1.34. The summed E-state index contributed by atoms with van der Waals surface area (Å²) in [7, 11) is 0. The van der Waals surface area contributed by atoms with Gasteiger partial charge >= 0.3 is 0 Å². The summed E-state index contributed by atoms with van der Waals surface area (Å²) in [5.74, 6) is 1.35. The van der Waals surface area contributed by atoms with Crippen molar-refractivity contribution in [3.05, 3.63) is 101 Å². The fourth-order valence-electron chi connectivity index (χ4n) is 4.59. The number of fused-ring (bicyclic) bond motifs is 2. The molecule has 0 spiro atoms. The van der Waals surface area contributed by atoms with Gasteiger partial charge in [0.25, 0.3) is 0 Å². The van der Waals surface area contributed by atoms with E-state index in [9.17, 15) is 4.79 Å². The first-order chi connectivity index (χ1) is 17.0. The van der Waals surface area contributed by atoms with Gasteiger partial charge in [-0.05, 0) is 49.2 Å². The molecule has 0 fully saturated rings. The number of benzene rings is 3. The summed E-state index contributed by atoms with van der Waals surface area (Å²) >= 11 is 1.56. The third-order valence-corrected chi connectivity index (χ3v) is 7.36. The van der Waals surface area contributed by atoms with Crippen LogP contribution in [0.2, 0.25) is 0 Å². The first-order valence-electron chi connectivity index (χ1n) is 11.6. The molecule has 3 aromatic carbocycles. The normalized spacial score (nSPS) is 15.1. The van der Waals surface area contributed by atoms with Crippen LogP contribution in [0.5, 0.6) is 5.75 Å². The highest BCUT2D eigenvalue weighted by Crippen LogP contribution is 2.41. The molecule has 1 atom stereocenters. The van der Waals surface area contributed by atoms with Gasteiger partial charge in [-0.3, -0.25) is 4.79 Å². The van der Waals surface area contributed by atoms with Crippen LogP contribution < -0.4 is 10.1 Å². The van der Waals surface area contributed by atoms with Crippen molar-refractivity contribution >= 4 is 33.3 Å². The summed E-state index contributed by atoms with van der Waals surface area (Å²) in [5.41, 5.74) is 6.22. The van der Waals surface area contributed by atoms with Gasteiger partial charge in [-0.2, -0.15) is 9.78 Å². The summed E-state index contributed by atoms with van der Waals surface area (Å²) in [6.45, 7) is 4.56. The second-order valence-electron chi connectivity index (χ2n) is 8.88. The molecule has 0 radical (unpaired) electrons. The van der Waals surface area contributed by atoms with E-state index in [1.54, 1.807) is 16.0 Å². The van der Waals surface area contributed by atoms with E-state index in [2.05, 4.69) is 42.6 Å². The van der Waals surface area contributed by atoms with Crippen LogP contribution in [0.1, 0.15) is 40.3 Å². The zero-order valence-corrected chi connectivity index (χ0v) is 20.3. The van der Waals surface area contributed by atoms with Crippen molar-refractivity contribution in [2.24, 2.45) is 0 Å². The van der Waals surface area contributed by atoms with Gasteiger partial charge in [0.15, 0.2) is 0 Å². The average molecular weight is 481 g/mol. The second kappa shape index (κ2) is 8.67. The van der Waals surface area contributed by atoms with Crippen LogP contribution in [0.4, 0.5) is 5.82 Å². The molecule has 0 unspecified atom stereocenters. The number of hydrogen-bond acceptors (Lipinski definition) is 5. The number of thiazole rings is 1. The highest BCUT2D eigenvalue weighted by molar-refractivity contribution is 7.20. The third-order valence-electron chi connectivity index (χ3n) is 6.35. The molecule has 0 saturated carbocycles. The van der Waals surface area contributed by atoms with E-state index in [1.807, 2.05) is 49.4 Å². The predicted octanol–water partition coefficient (Wildman–Crippen LogP) is 6.15. The van der Waals surface area contributed by atoms with Crippen LogP contribution in [-0.2, 0) is 11.4 Å². The van der Waals surface area contributed by atoms with E-state index in [1.165, 1.54) is 5.56 Å². The van der Waals surface area contributed by atoms with Gasteiger partial charge < -0.3 is 10.1 Å². The van der Waals surface area contributed by atoms with E-state index in [4.69, 9.17) is 14.8 Å². The monoisotopic (exact) mass is 480 g/mol. The SMILES string of the molecule is Cc1ccc(COc2cccc([C@@H]3CC(=O)Nc4c3c(C)nn4-c3nc4ccccc4s3)c2)cc1. The van der Waals surface area contributed by atoms with E-state index in [0.717, 1.165) is 43.5 Å². The maximum absolute atomic E-state index is 12.8. The summed E-state index contributed by atoms with van der Waals surface area (Å²) in [6, 6.07) is 24.4. The average Bonchev–Trinajstić information content (AvgIpc) is 3.44. The summed E-state index contributed by atoms with van der Waals surface area (Å²) in [6.07, 6.45) is 0.362. The summed E-state index contributed by atoms with van der Waals surface area (Å²) < 4.78 is 8.95. The Hall–Kier alpha value is -3.97. The van der Waals surface area contributed by atoms with Gasteiger partial charge in [0.2, 0.25) is 11.0 Å². The van der Waals surface area contributed by atoms with Gasteiger partial charge in [-0.1, -0.05) is 65.4 Å². The minimum absolute atomic E-state index is 0.0317. The Labute approximate surface area is 207 Å². The molecule has 3 heterocycles. The Morgan fingerprint density at radius 3 is 2.71 bits per heavy atom. The molecule has 0 saturated heterocycles. The van der Waals surface area contributed by atoms with Gasteiger partial charge in [0, 0.05) is 17.9 Å². The molecular weight excluding hydrogens is 456 g/mol. The van der Waals surface area contributed by atoms with E-state index in [0.29, 0.717) is 18.8 Å². The molecule has 35 heavy (non-hydrogen) atoms. The van der Waals surface area contributed by atoms with E-state index in [-0.39, 0.29) is 11.8 Å². The van der Waals surface area contributed by atoms with Crippen molar-refractivity contribution in [3.8, 4) is 10.9 Å². The molecule has 1 aliphatic heterocycles. The van der Waals surface area contributed by atoms with Gasteiger partial charge in [0.05, 0.1) is 15.9 Å². The largest absolute Gasteiger partial charge is 0.489 e. The number of aromatic nitrogens is 3. The van der Waals surface area contributed by atoms with Crippen LogP contribution in [-0.4, -0.2) is 20.7 Å². The number of carbonyl (C=O) groups is 1. The fraction of sp³-hybridized carbons (Fsp3) is 0.179. The minimum atomic E-state index is -0.107. The number of hydrogen-bond donors (Lipinski definition) is 1. The van der Waals surface area contributed by atoms with Crippen LogP contribution in [0.15, 0.2) is 72.8 Å². The smallest absolute Gasteiger partial charge is 0.226 e. The minimum Gasteiger partial charge on any atom is -0.489 e. The standard InChI is InChI=1S/C28H24N4O2S/c1-17-10-12-19(13-11-17)16-34-21-7-5-6-20(14-21)22-15-25(33)30-27-26(22)18(2)31-32(27)28-29-23-8-3-4-9-24(23)35-28/h3-14,22H,15-16H2,1-2H3,(H,30,33)/t22-/m0/s1. The maximum Gasteiger partial charge on any atom is 0.226 e. The molecule has 1 N–H and O–H groups in total. The molecule has 0 bridgehead atoms. The first-order valence-corrected chi connectivity index (χ1v) is 12.4. The predicted molar refractivity (Wildman–Crippen MR) is 139 cm³/mol. The maximum atomic E-state index is 12.8. The number of amides is 1. The number of anilines is 1. The number of nitrogens with zero attached hydrogens (tertiary/aromatic N) is 3. The van der Waals surface area contributed by atoms with Gasteiger partial charge in [-0.25, -0.2) is 4.98 Å². The van der Waals surface area contributed by atoms with Crippen LogP contribution in [0, 0.1) is 13.8 Å². The van der Waals surface area contributed by atoms with E-state index < -0.39 is 0 Å². The molecule has 0 aliphatic carbocycles. The molecule has 1 aliphatic rings. The molecule has 2 aromatic heterocycles. The van der Waals surface area contributed by atoms with Crippen LogP contribution >= 0.6 is 11.3 Å². The molecule has 7 heteroatoms.